The van der Waals surface area contributed by atoms with Gasteiger partial charge in [0, 0.05) is 12.3 Å². The molecule has 29 heavy (non-hydrogen) atoms. The van der Waals surface area contributed by atoms with Crippen molar-refractivity contribution in [3.63, 3.8) is 0 Å². The average Bonchev–Trinajstić information content (AvgIpc) is 2.74. The van der Waals surface area contributed by atoms with Gasteiger partial charge in [-0.3, -0.25) is 0 Å². The number of hydrogen-bond acceptors (Lipinski definition) is 5. The molecular weight excluding hydrogens is 400 g/mol. The molecule has 0 unspecified atom stereocenters. The molecule has 5 nitrogen and oxygen atoms in total. The van der Waals surface area contributed by atoms with Crippen LogP contribution in [0, 0.1) is 11.3 Å². The zero-order chi connectivity index (χ0) is 21.8. The lowest BCUT2D eigenvalue weighted by molar-refractivity contribution is -0.372. The second-order valence-corrected chi connectivity index (χ2v) is 21.9. The highest BCUT2D eigenvalue weighted by Crippen LogP contribution is 2.82. The molecule has 3 heterocycles. The second-order valence-electron chi connectivity index (χ2n) is 12.1. The molecule has 166 valence electrons. The molecule has 6 atom stereocenters. The first-order valence-electron chi connectivity index (χ1n) is 11.4. The first-order chi connectivity index (χ1) is 13.2. The number of hydrogen-bond donors (Lipinski definition) is 0. The molecule has 3 saturated heterocycles. The molecule has 0 aromatic carbocycles. The zero-order valence-electron chi connectivity index (χ0n) is 19.9. The van der Waals surface area contributed by atoms with Crippen LogP contribution >= 0.6 is 0 Å². The van der Waals surface area contributed by atoms with Crippen LogP contribution in [0.5, 0.6) is 0 Å². The van der Waals surface area contributed by atoms with Crippen LogP contribution in [0.1, 0.15) is 61.3 Å². The van der Waals surface area contributed by atoms with Crippen molar-refractivity contribution >= 4 is 22.9 Å². The van der Waals surface area contributed by atoms with E-state index in [9.17, 15) is 4.79 Å². The SMILES string of the molecule is CC(C)[Si](O[C@]12C[C@]3(C)O[C@H](O1)[C@]1(C=O)[C@H]2C[C@@]13O[Si](C)(C)C)(C(C)C)C(C)C. The lowest BCUT2D eigenvalue weighted by atomic mass is 9.41. The summed E-state index contributed by atoms with van der Waals surface area (Å²) in [7, 11) is -4.08. The number of rotatable bonds is 8. The van der Waals surface area contributed by atoms with Crippen LogP contribution in [0.25, 0.3) is 0 Å². The van der Waals surface area contributed by atoms with Crippen molar-refractivity contribution in [1.29, 1.82) is 0 Å². The number of aldehydes is 1. The fraction of sp³-hybridized carbons (Fsp3) is 0.955. The van der Waals surface area contributed by atoms with Crippen LogP contribution in [0.3, 0.4) is 0 Å². The Hall–Kier alpha value is -0.0562. The molecular formula is C22H40O5Si2. The molecule has 0 N–H and O–H groups in total. The molecule has 0 amide bonds. The van der Waals surface area contributed by atoms with Crippen LogP contribution < -0.4 is 0 Å². The van der Waals surface area contributed by atoms with Gasteiger partial charge in [-0.15, -0.1) is 0 Å². The molecule has 6 bridgehead atoms. The Morgan fingerprint density at radius 1 is 0.966 bits per heavy atom. The molecule has 6 fully saturated rings. The number of ether oxygens (including phenoxy) is 2. The minimum absolute atomic E-state index is 0.0209. The fourth-order valence-corrected chi connectivity index (χ4v) is 14.8. The van der Waals surface area contributed by atoms with Gasteiger partial charge in [-0.1, -0.05) is 41.5 Å². The van der Waals surface area contributed by atoms with Crippen LogP contribution in [-0.4, -0.2) is 46.2 Å². The number of carbonyl (C=O) groups excluding carboxylic acids is 1. The highest BCUT2D eigenvalue weighted by molar-refractivity contribution is 6.77. The van der Waals surface area contributed by atoms with Gasteiger partial charge in [-0.25, -0.2) is 0 Å². The molecule has 0 aromatic rings. The third-order valence-electron chi connectivity index (χ3n) is 8.53. The maximum absolute atomic E-state index is 12.7. The molecule has 0 spiro atoms. The van der Waals surface area contributed by atoms with Gasteiger partial charge in [0.15, 0.2) is 20.4 Å². The van der Waals surface area contributed by atoms with Crippen LogP contribution in [0.15, 0.2) is 0 Å². The average molecular weight is 441 g/mol. The molecule has 7 heteroatoms. The quantitative estimate of drug-likeness (QED) is 0.383. The van der Waals surface area contributed by atoms with E-state index in [4.69, 9.17) is 18.3 Å². The van der Waals surface area contributed by atoms with Crippen molar-refractivity contribution in [3.05, 3.63) is 0 Å². The van der Waals surface area contributed by atoms with Crippen molar-refractivity contribution in [2.45, 2.75) is 121 Å². The maximum Gasteiger partial charge on any atom is 0.204 e. The highest BCUT2D eigenvalue weighted by atomic mass is 28.4. The van der Waals surface area contributed by atoms with Gasteiger partial charge in [-0.05, 0) is 49.6 Å². The van der Waals surface area contributed by atoms with Gasteiger partial charge in [0.25, 0.3) is 0 Å². The summed E-state index contributed by atoms with van der Waals surface area (Å²) in [4.78, 5) is 12.7. The van der Waals surface area contributed by atoms with Gasteiger partial charge in [0.2, 0.25) is 8.32 Å². The molecule has 6 rings (SSSR count). The number of carbonyl (C=O) groups is 1. The van der Waals surface area contributed by atoms with Crippen LogP contribution in [-0.2, 0) is 23.1 Å². The van der Waals surface area contributed by atoms with E-state index in [2.05, 4.69) is 68.1 Å². The summed E-state index contributed by atoms with van der Waals surface area (Å²) in [6.07, 6.45) is 2.00. The largest absolute Gasteiger partial charge is 0.408 e. The Labute approximate surface area is 178 Å². The van der Waals surface area contributed by atoms with E-state index in [-0.39, 0.29) is 5.92 Å². The van der Waals surface area contributed by atoms with Crippen molar-refractivity contribution in [2.75, 3.05) is 0 Å². The molecule has 0 radical (unpaired) electrons. The Bertz CT molecular complexity index is 697. The standard InChI is InChI=1S/C22H40O5Si2/c1-14(2)29(15(3)4,16(5)6)26-21-12-19(7)22(27-28(8,9)10)11-17(21)20(22,13-23)18(24-19)25-21/h13-18H,11-12H2,1-10H3/t17-,18-,19+,20+,21+,22+/m1/s1. The molecule has 0 aromatic heterocycles. The van der Waals surface area contributed by atoms with Gasteiger partial charge in [-0.2, -0.15) is 0 Å². The van der Waals surface area contributed by atoms with Gasteiger partial charge in [0.1, 0.15) is 22.9 Å². The van der Waals surface area contributed by atoms with E-state index >= 15 is 0 Å². The minimum Gasteiger partial charge on any atom is -0.408 e. The predicted octanol–water partition coefficient (Wildman–Crippen LogP) is 5.22. The first kappa shape index (κ1) is 22.1. The Balaban J connectivity index is 1.79. The van der Waals surface area contributed by atoms with E-state index in [1.807, 2.05) is 0 Å². The Morgan fingerprint density at radius 3 is 1.97 bits per heavy atom. The Morgan fingerprint density at radius 2 is 1.52 bits per heavy atom. The van der Waals surface area contributed by atoms with E-state index in [0.29, 0.717) is 23.0 Å². The van der Waals surface area contributed by atoms with Crippen LogP contribution in [0.4, 0.5) is 0 Å². The van der Waals surface area contributed by atoms with Crippen molar-refractivity contribution < 1.29 is 23.1 Å². The summed E-state index contributed by atoms with van der Waals surface area (Å²) in [5.41, 5.74) is -0.462. The summed E-state index contributed by atoms with van der Waals surface area (Å²) in [5, 5.41) is 0. The van der Waals surface area contributed by atoms with E-state index in [0.717, 1.165) is 12.7 Å². The van der Waals surface area contributed by atoms with Gasteiger partial charge in [0.05, 0.1) is 0 Å². The van der Waals surface area contributed by atoms with E-state index < -0.39 is 45.3 Å². The van der Waals surface area contributed by atoms with Crippen molar-refractivity contribution in [1.82, 2.24) is 0 Å². The van der Waals surface area contributed by atoms with Gasteiger partial charge < -0.3 is 23.1 Å². The summed E-state index contributed by atoms with van der Waals surface area (Å²) in [6.45, 7) is 22.5. The minimum atomic E-state index is -2.19. The zero-order valence-corrected chi connectivity index (χ0v) is 21.9. The first-order valence-corrected chi connectivity index (χ1v) is 16.9. The third kappa shape index (κ3) is 2.32. The second kappa shape index (κ2) is 6.04. The lowest BCUT2D eigenvalue weighted by Crippen LogP contribution is -2.81. The summed E-state index contributed by atoms with van der Waals surface area (Å²) >= 11 is 0. The highest BCUT2D eigenvalue weighted by Gasteiger charge is 2.95. The predicted molar refractivity (Wildman–Crippen MR) is 118 cm³/mol. The monoisotopic (exact) mass is 440 g/mol. The molecule has 3 saturated carbocycles. The lowest BCUT2D eigenvalue weighted by Gasteiger charge is -2.69. The summed E-state index contributed by atoms with van der Waals surface area (Å²) in [5.74, 6) is -0.693. The molecule has 3 aliphatic heterocycles. The molecule has 6 aliphatic rings. The third-order valence-corrected chi connectivity index (χ3v) is 15.6. The Kier molecular flexibility index (Phi) is 4.61. The summed E-state index contributed by atoms with van der Waals surface area (Å²) < 4.78 is 27.1. The van der Waals surface area contributed by atoms with Crippen molar-refractivity contribution in [3.8, 4) is 0 Å². The van der Waals surface area contributed by atoms with Crippen molar-refractivity contribution in [2.24, 2.45) is 11.3 Å². The maximum atomic E-state index is 12.7. The topological polar surface area (TPSA) is 54.0 Å². The summed E-state index contributed by atoms with van der Waals surface area (Å²) in [6, 6.07) is 0. The smallest absolute Gasteiger partial charge is 0.204 e. The fourth-order valence-electron chi connectivity index (χ4n) is 7.74. The van der Waals surface area contributed by atoms with E-state index in [1.54, 1.807) is 0 Å². The molecule has 3 aliphatic carbocycles. The van der Waals surface area contributed by atoms with Gasteiger partial charge >= 0.3 is 0 Å². The normalized spacial score (nSPS) is 45.6. The van der Waals surface area contributed by atoms with E-state index in [1.165, 1.54) is 0 Å². The van der Waals surface area contributed by atoms with Crippen LogP contribution in [0.2, 0.25) is 36.3 Å².